The Kier molecular flexibility index (Phi) is 4.36. The monoisotopic (exact) mass is 341 g/mol. The Morgan fingerprint density at radius 3 is 2.00 bits per heavy atom. The summed E-state index contributed by atoms with van der Waals surface area (Å²) in [7, 11) is 0. The summed E-state index contributed by atoms with van der Waals surface area (Å²) in [6.07, 6.45) is -11.8. The van der Waals surface area contributed by atoms with Gasteiger partial charge in [0.25, 0.3) is 0 Å². The summed E-state index contributed by atoms with van der Waals surface area (Å²) in [4.78, 5) is 11.8. The lowest BCUT2D eigenvalue weighted by Crippen LogP contribution is -2.51. The Morgan fingerprint density at radius 1 is 1.09 bits per heavy atom. The van der Waals surface area contributed by atoms with Crippen LogP contribution in [0.1, 0.15) is 22.3 Å². The van der Waals surface area contributed by atoms with Crippen LogP contribution in [0.2, 0.25) is 0 Å². The molecule has 1 saturated heterocycles. The van der Waals surface area contributed by atoms with E-state index in [2.05, 4.69) is 0 Å². The maximum atomic E-state index is 13.0. The summed E-state index contributed by atoms with van der Waals surface area (Å²) in [5.74, 6) is -1.16. The van der Waals surface area contributed by atoms with Gasteiger partial charge in [0.2, 0.25) is 0 Å². The quantitative estimate of drug-likeness (QED) is 0.853. The third kappa shape index (κ3) is 3.29. The number of hydrogen-bond acceptors (Lipinski definition) is 2. The number of nitrogens with zero attached hydrogens (tertiary/aromatic N) is 1. The van der Waals surface area contributed by atoms with Crippen LogP contribution in [0.25, 0.3) is 0 Å². The zero-order valence-electron chi connectivity index (χ0n) is 11.7. The minimum Gasteiger partial charge on any atom is -0.478 e. The zero-order valence-corrected chi connectivity index (χ0v) is 11.7. The molecule has 0 radical (unpaired) electrons. The molecule has 0 spiro atoms. The largest absolute Gasteiger partial charge is 0.478 e. The normalized spacial score (nSPS) is 19.0. The van der Waals surface area contributed by atoms with Crippen molar-refractivity contribution in [3.63, 3.8) is 0 Å². The molecule has 0 aliphatic carbocycles. The molecule has 9 heteroatoms. The van der Waals surface area contributed by atoms with Crippen LogP contribution in [-0.2, 0) is 6.54 Å². The van der Waals surface area contributed by atoms with Gasteiger partial charge in [0, 0.05) is 13.1 Å². The maximum absolute atomic E-state index is 13.0. The summed E-state index contributed by atoms with van der Waals surface area (Å²) in [5.41, 5.74) is -3.26. The number of carboxylic acid groups (broad SMARTS) is 1. The molecular weight excluding hydrogens is 328 g/mol. The molecule has 1 N–H and O–H groups in total. The van der Waals surface area contributed by atoms with Crippen LogP contribution >= 0.6 is 0 Å². The molecule has 1 aliphatic heterocycles. The second-order valence-corrected chi connectivity index (χ2v) is 5.54. The van der Waals surface area contributed by atoms with Crippen molar-refractivity contribution >= 4 is 5.97 Å². The fraction of sp³-hybridized carbons (Fsp3) is 0.500. The Labute approximate surface area is 127 Å². The zero-order chi connectivity index (χ0) is 17.5. The summed E-state index contributed by atoms with van der Waals surface area (Å²) in [6, 6.07) is 5.28. The number of benzene rings is 1. The number of alkyl halides is 6. The highest BCUT2D eigenvalue weighted by molar-refractivity contribution is 5.87. The maximum Gasteiger partial charge on any atom is 0.404 e. The van der Waals surface area contributed by atoms with Crippen molar-refractivity contribution in [2.75, 3.05) is 13.1 Å². The third-order valence-corrected chi connectivity index (χ3v) is 4.04. The van der Waals surface area contributed by atoms with Gasteiger partial charge in [-0.2, -0.15) is 26.3 Å². The Balaban J connectivity index is 2.14. The van der Waals surface area contributed by atoms with Crippen molar-refractivity contribution < 1.29 is 36.2 Å². The molecule has 1 aromatic rings. The first-order chi connectivity index (χ1) is 10.5. The number of hydrogen-bond donors (Lipinski definition) is 1. The molecule has 2 rings (SSSR count). The molecule has 23 heavy (non-hydrogen) atoms. The van der Waals surface area contributed by atoms with E-state index in [1.807, 2.05) is 0 Å². The van der Waals surface area contributed by atoms with Gasteiger partial charge in [-0.1, -0.05) is 12.1 Å². The minimum absolute atomic E-state index is 0.00454. The van der Waals surface area contributed by atoms with Crippen molar-refractivity contribution in [1.29, 1.82) is 0 Å². The molecule has 1 aliphatic rings. The molecule has 1 aromatic carbocycles. The van der Waals surface area contributed by atoms with Gasteiger partial charge >= 0.3 is 18.3 Å². The van der Waals surface area contributed by atoms with E-state index < -0.39 is 36.7 Å². The molecule has 0 atom stereocenters. The molecule has 3 nitrogen and oxygen atoms in total. The fourth-order valence-corrected chi connectivity index (χ4v) is 2.66. The van der Waals surface area contributed by atoms with Crippen molar-refractivity contribution in [1.82, 2.24) is 4.90 Å². The smallest absolute Gasteiger partial charge is 0.404 e. The van der Waals surface area contributed by atoms with E-state index in [0.29, 0.717) is 5.56 Å². The highest BCUT2D eigenvalue weighted by atomic mass is 19.4. The van der Waals surface area contributed by atoms with Gasteiger partial charge in [-0.15, -0.1) is 0 Å². The van der Waals surface area contributed by atoms with Gasteiger partial charge in [0.15, 0.2) is 5.41 Å². The van der Waals surface area contributed by atoms with E-state index in [-0.39, 0.29) is 18.7 Å². The molecule has 0 saturated carbocycles. The van der Waals surface area contributed by atoms with Crippen LogP contribution in [-0.4, -0.2) is 41.4 Å². The Morgan fingerprint density at radius 2 is 1.61 bits per heavy atom. The van der Waals surface area contributed by atoms with Crippen molar-refractivity contribution in [2.24, 2.45) is 5.41 Å². The number of rotatable bonds is 3. The highest BCUT2D eigenvalue weighted by Gasteiger charge is 2.72. The first-order valence-corrected chi connectivity index (χ1v) is 6.64. The predicted molar refractivity (Wildman–Crippen MR) is 67.8 cm³/mol. The number of halogens is 6. The van der Waals surface area contributed by atoms with E-state index in [1.165, 1.54) is 24.3 Å². The van der Waals surface area contributed by atoms with Crippen LogP contribution in [0, 0.1) is 5.41 Å². The number of aromatic carboxylic acids is 1. The van der Waals surface area contributed by atoms with Gasteiger partial charge in [-0.05, 0) is 30.7 Å². The number of carbonyl (C=O) groups is 1. The highest BCUT2D eigenvalue weighted by Crippen LogP contribution is 2.55. The Hall–Kier alpha value is -1.77. The lowest BCUT2D eigenvalue weighted by atomic mass is 9.85. The summed E-state index contributed by atoms with van der Waals surface area (Å²) >= 11 is 0. The first-order valence-electron chi connectivity index (χ1n) is 6.64. The number of likely N-dealkylation sites (tertiary alicyclic amines) is 1. The molecule has 0 aromatic heterocycles. The van der Waals surface area contributed by atoms with Gasteiger partial charge in [0.05, 0.1) is 5.56 Å². The van der Waals surface area contributed by atoms with Crippen molar-refractivity contribution in [3.05, 3.63) is 35.4 Å². The SMILES string of the molecule is O=C(O)c1ccc(CN2CCC(C(F)(F)F)(C(F)(F)F)C2)cc1. The van der Waals surface area contributed by atoms with E-state index >= 15 is 0 Å². The number of carboxylic acids is 1. The summed E-state index contributed by atoms with van der Waals surface area (Å²) < 4.78 is 77.7. The topological polar surface area (TPSA) is 40.5 Å². The van der Waals surface area contributed by atoms with Gasteiger partial charge in [-0.25, -0.2) is 4.79 Å². The fourth-order valence-electron chi connectivity index (χ4n) is 2.66. The summed E-state index contributed by atoms with van der Waals surface area (Å²) in [6.45, 7) is -1.59. The van der Waals surface area contributed by atoms with Gasteiger partial charge in [0.1, 0.15) is 0 Å². The predicted octanol–water partition coefficient (Wildman–Crippen LogP) is 3.70. The van der Waals surface area contributed by atoms with E-state index in [9.17, 15) is 31.1 Å². The molecule has 0 bridgehead atoms. The van der Waals surface area contributed by atoms with Crippen LogP contribution in [0.3, 0.4) is 0 Å². The van der Waals surface area contributed by atoms with Crippen molar-refractivity contribution in [2.45, 2.75) is 25.3 Å². The van der Waals surface area contributed by atoms with Gasteiger partial charge in [-0.3, -0.25) is 4.90 Å². The average Bonchev–Trinajstić information content (AvgIpc) is 2.84. The molecule has 1 heterocycles. The Bertz CT molecular complexity index is 564. The third-order valence-electron chi connectivity index (χ3n) is 4.04. The van der Waals surface area contributed by atoms with Gasteiger partial charge < -0.3 is 5.11 Å². The molecular formula is C14H13F6NO2. The standard InChI is InChI=1S/C14H13F6NO2/c15-13(16,17)12(14(18,19)20)5-6-21(8-12)7-9-1-3-10(4-2-9)11(22)23/h1-4H,5-8H2,(H,22,23). The van der Waals surface area contributed by atoms with Crippen LogP contribution in [0.15, 0.2) is 24.3 Å². The second kappa shape index (κ2) is 5.70. The molecule has 128 valence electrons. The van der Waals surface area contributed by atoms with E-state index in [4.69, 9.17) is 5.11 Å². The average molecular weight is 341 g/mol. The molecule has 0 amide bonds. The first kappa shape index (κ1) is 17.6. The van der Waals surface area contributed by atoms with Crippen molar-refractivity contribution in [3.8, 4) is 0 Å². The molecule has 1 fully saturated rings. The minimum atomic E-state index is -5.37. The summed E-state index contributed by atoms with van der Waals surface area (Å²) in [5, 5.41) is 8.75. The van der Waals surface area contributed by atoms with Crippen LogP contribution in [0.4, 0.5) is 26.3 Å². The molecule has 0 unspecified atom stereocenters. The van der Waals surface area contributed by atoms with Crippen LogP contribution < -0.4 is 0 Å². The van der Waals surface area contributed by atoms with E-state index in [0.717, 1.165) is 4.90 Å². The van der Waals surface area contributed by atoms with E-state index in [1.54, 1.807) is 0 Å². The lowest BCUT2D eigenvalue weighted by Gasteiger charge is -2.33. The van der Waals surface area contributed by atoms with Crippen LogP contribution in [0.5, 0.6) is 0 Å². The second-order valence-electron chi connectivity index (χ2n) is 5.54. The lowest BCUT2D eigenvalue weighted by molar-refractivity contribution is -0.335.